The van der Waals surface area contributed by atoms with E-state index in [9.17, 15) is 9.59 Å². The molecule has 2 atom stereocenters. The Morgan fingerprint density at radius 2 is 1.96 bits per heavy atom. The monoisotopic (exact) mass is 349 g/mol. The van der Waals surface area contributed by atoms with Crippen molar-refractivity contribution in [3.63, 3.8) is 0 Å². The van der Waals surface area contributed by atoms with E-state index < -0.39 is 6.04 Å². The van der Waals surface area contributed by atoms with E-state index in [2.05, 4.69) is 36.4 Å². The van der Waals surface area contributed by atoms with Crippen LogP contribution in [0.3, 0.4) is 0 Å². The zero-order valence-electron chi connectivity index (χ0n) is 14.5. The Morgan fingerprint density at radius 3 is 2.50 bits per heavy atom. The molecule has 0 aliphatic rings. The Kier molecular flexibility index (Phi) is 5.43. The Balaban J connectivity index is 1.93. The summed E-state index contributed by atoms with van der Waals surface area (Å²) in [6.45, 7) is 9.82. The van der Waals surface area contributed by atoms with Gasteiger partial charge in [0.25, 0.3) is 5.91 Å². The predicted octanol–water partition coefficient (Wildman–Crippen LogP) is 3.03. The summed E-state index contributed by atoms with van der Waals surface area (Å²) in [6, 6.07) is 0.676. The average Bonchev–Trinajstić information content (AvgIpc) is 3.17. The molecule has 0 saturated heterocycles. The third-order valence-electron chi connectivity index (χ3n) is 3.54. The number of nitrogens with zero attached hydrogens (tertiary/aromatic N) is 1. The highest BCUT2D eigenvalue weighted by Crippen LogP contribution is 2.26. The quantitative estimate of drug-likeness (QED) is 0.869. The van der Waals surface area contributed by atoms with Gasteiger partial charge >= 0.3 is 0 Å². The second kappa shape index (κ2) is 7.17. The minimum absolute atomic E-state index is 0.0235. The molecule has 130 valence electrons. The molecule has 6 nitrogen and oxygen atoms in total. The van der Waals surface area contributed by atoms with Gasteiger partial charge in [0.1, 0.15) is 17.3 Å². The van der Waals surface area contributed by atoms with E-state index in [0.717, 1.165) is 10.7 Å². The van der Waals surface area contributed by atoms with E-state index in [1.165, 1.54) is 23.9 Å². The van der Waals surface area contributed by atoms with Crippen LogP contribution in [0.5, 0.6) is 0 Å². The van der Waals surface area contributed by atoms with Crippen molar-refractivity contribution in [1.82, 2.24) is 15.6 Å². The minimum Gasteiger partial charge on any atom is -0.472 e. The zero-order chi connectivity index (χ0) is 17.9. The molecule has 2 amide bonds. The number of carbonyl (C=O) groups is 2. The number of rotatable bonds is 5. The first-order chi connectivity index (χ1) is 11.2. The van der Waals surface area contributed by atoms with Gasteiger partial charge in [-0.25, -0.2) is 4.98 Å². The average molecular weight is 349 g/mol. The molecule has 2 N–H and O–H groups in total. The smallest absolute Gasteiger partial charge is 0.255 e. The summed E-state index contributed by atoms with van der Waals surface area (Å²) in [5.41, 5.74) is 1.37. The van der Waals surface area contributed by atoms with Crippen LogP contribution in [0.25, 0.3) is 0 Å². The third kappa shape index (κ3) is 4.44. The normalized spacial score (nSPS) is 14.0. The fourth-order valence-electron chi connectivity index (χ4n) is 1.97. The van der Waals surface area contributed by atoms with Crippen LogP contribution >= 0.6 is 11.3 Å². The van der Waals surface area contributed by atoms with Gasteiger partial charge in [-0.15, -0.1) is 11.3 Å². The second-order valence-electron chi connectivity index (χ2n) is 6.76. The highest BCUT2D eigenvalue weighted by molar-refractivity contribution is 7.09. The highest BCUT2D eigenvalue weighted by Gasteiger charge is 2.23. The lowest BCUT2D eigenvalue weighted by Gasteiger charge is -2.17. The van der Waals surface area contributed by atoms with Gasteiger partial charge in [0.15, 0.2) is 0 Å². The van der Waals surface area contributed by atoms with Crippen LogP contribution in [0, 0.1) is 0 Å². The number of hydrogen-bond acceptors (Lipinski definition) is 5. The van der Waals surface area contributed by atoms with E-state index >= 15 is 0 Å². The molecule has 0 aliphatic carbocycles. The number of carbonyl (C=O) groups excluding carboxylic acids is 2. The van der Waals surface area contributed by atoms with Gasteiger partial charge < -0.3 is 15.1 Å². The van der Waals surface area contributed by atoms with E-state index in [1.807, 2.05) is 12.3 Å². The lowest BCUT2D eigenvalue weighted by Crippen LogP contribution is -2.45. The van der Waals surface area contributed by atoms with Gasteiger partial charge in [-0.3, -0.25) is 9.59 Å². The first kappa shape index (κ1) is 18.2. The number of thiazole rings is 1. The fourth-order valence-corrected chi connectivity index (χ4v) is 3.02. The third-order valence-corrected chi connectivity index (χ3v) is 4.57. The van der Waals surface area contributed by atoms with Crippen molar-refractivity contribution in [3.05, 3.63) is 40.2 Å². The summed E-state index contributed by atoms with van der Waals surface area (Å²) < 4.78 is 4.86. The SMILES string of the molecule is C[C@H](NC(=O)c1ccoc1)C(=O)N[C@H](C)c1nc(C(C)(C)C)cs1. The first-order valence-corrected chi connectivity index (χ1v) is 8.66. The van der Waals surface area contributed by atoms with Gasteiger partial charge in [-0.1, -0.05) is 20.8 Å². The van der Waals surface area contributed by atoms with E-state index in [0.29, 0.717) is 5.56 Å². The molecular formula is C17H23N3O3S. The van der Waals surface area contributed by atoms with Crippen molar-refractivity contribution >= 4 is 23.2 Å². The molecule has 2 heterocycles. The van der Waals surface area contributed by atoms with Crippen molar-refractivity contribution in [3.8, 4) is 0 Å². The zero-order valence-corrected chi connectivity index (χ0v) is 15.4. The molecule has 0 spiro atoms. The van der Waals surface area contributed by atoms with Crippen molar-refractivity contribution < 1.29 is 14.0 Å². The molecule has 0 aliphatic heterocycles. The summed E-state index contributed by atoms with van der Waals surface area (Å²) in [5, 5.41) is 8.39. The molecule has 0 bridgehead atoms. The largest absolute Gasteiger partial charge is 0.472 e. The Labute approximate surface area is 145 Å². The van der Waals surface area contributed by atoms with E-state index in [4.69, 9.17) is 4.42 Å². The van der Waals surface area contributed by atoms with Gasteiger partial charge in [0.05, 0.1) is 23.6 Å². The molecule has 2 aromatic heterocycles. The summed E-state index contributed by atoms with van der Waals surface area (Å²) >= 11 is 1.52. The molecule has 24 heavy (non-hydrogen) atoms. The molecular weight excluding hydrogens is 326 g/mol. The van der Waals surface area contributed by atoms with Crippen LogP contribution in [-0.4, -0.2) is 22.8 Å². The molecule has 0 radical (unpaired) electrons. The molecule has 7 heteroatoms. The maximum absolute atomic E-state index is 12.3. The van der Waals surface area contributed by atoms with Gasteiger partial charge in [0, 0.05) is 10.8 Å². The molecule has 0 saturated carbocycles. The van der Waals surface area contributed by atoms with Crippen molar-refractivity contribution in [1.29, 1.82) is 0 Å². The molecule has 0 aromatic carbocycles. The summed E-state index contributed by atoms with van der Waals surface area (Å²) in [5.74, 6) is -0.602. The maximum Gasteiger partial charge on any atom is 0.255 e. The van der Waals surface area contributed by atoms with Crippen LogP contribution in [0.4, 0.5) is 0 Å². The number of nitrogens with one attached hydrogen (secondary N) is 2. The Morgan fingerprint density at radius 1 is 1.25 bits per heavy atom. The highest BCUT2D eigenvalue weighted by atomic mass is 32.1. The van der Waals surface area contributed by atoms with Crippen molar-refractivity contribution in [2.45, 2.75) is 52.1 Å². The van der Waals surface area contributed by atoms with Crippen molar-refractivity contribution in [2.75, 3.05) is 0 Å². The van der Waals surface area contributed by atoms with Crippen LogP contribution < -0.4 is 10.6 Å². The Bertz CT molecular complexity index is 701. The summed E-state index contributed by atoms with van der Waals surface area (Å²) in [4.78, 5) is 28.8. The number of hydrogen-bond donors (Lipinski definition) is 2. The molecule has 2 rings (SSSR count). The van der Waals surface area contributed by atoms with Crippen LogP contribution in [0.1, 0.15) is 61.7 Å². The van der Waals surface area contributed by atoms with E-state index in [-0.39, 0.29) is 23.3 Å². The second-order valence-corrected chi connectivity index (χ2v) is 7.65. The van der Waals surface area contributed by atoms with Crippen LogP contribution in [0.2, 0.25) is 0 Å². The van der Waals surface area contributed by atoms with Crippen molar-refractivity contribution in [2.24, 2.45) is 0 Å². The number of aromatic nitrogens is 1. The lowest BCUT2D eigenvalue weighted by molar-refractivity contribution is -0.123. The summed E-state index contributed by atoms with van der Waals surface area (Å²) in [6.07, 6.45) is 2.75. The maximum atomic E-state index is 12.3. The number of furan rings is 1. The van der Waals surface area contributed by atoms with E-state index in [1.54, 1.807) is 13.0 Å². The predicted molar refractivity (Wildman–Crippen MR) is 93.0 cm³/mol. The topological polar surface area (TPSA) is 84.2 Å². The number of amides is 2. The Hall–Kier alpha value is -2.15. The molecule has 0 fully saturated rings. The lowest BCUT2D eigenvalue weighted by atomic mass is 9.93. The minimum atomic E-state index is -0.656. The van der Waals surface area contributed by atoms with Gasteiger partial charge in [-0.05, 0) is 19.9 Å². The molecule has 0 unspecified atom stereocenters. The first-order valence-electron chi connectivity index (χ1n) is 7.78. The fraction of sp³-hybridized carbons (Fsp3) is 0.471. The standard InChI is InChI=1S/C17H23N3O3S/c1-10(18-15(22)12-6-7-23-8-12)14(21)19-11(2)16-20-13(9-24-16)17(3,4)5/h6-11H,1-5H3,(H,18,22)(H,19,21)/t10-,11+/m0/s1. The van der Waals surface area contributed by atoms with Crippen LogP contribution in [0.15, 0.2) is 28.4 Å². The molecule has 2 aromatic rings. The summed E-state index contributed by atoms with van der Waals surface area (Å²) in [7, 11) is 0. The van der Waals surface area contributed by atoms with Crippen LogP contribution in [-0.2, 0) is 10.2 Å². The van der Waals surface area contributed by atoms with Gasteiger partial charge in [0.2, 0.25) is 5.91 Å². The van der Waals surface area contributed by atoms with Gasteiger partial charge in [-0.2, -0.15) is 0 Å².